The van der Waals surface area contributed by atoms with E-state index in [-0.39, 0.29) is 22.1 Å². The zero-order valence-electron chi connectivity index (χ0n) is 21.1. The summed E-state index contributed by atoms with van der Waals surface area (Å²) in [6, 6.07) is 12.7. The van der Waals surface area contributed by atoms with Crippen LogP contribution in [0.3, 0.4) is 0 Å². The van der Waals surface area contributed by atoms with Crippen molar-refractivity contribution in [1.29, 1.82) is 0 Å². The van der Waals surface area contributed by atoms with E-state index in [1.54, 1.807) is 13.0 Å². The number of furan rings is 1. The van der Waals surface area contributed by atoms with Crippen LogP contribution < -0.4 is 10.6 Å². The van der Waals surface area contributed by atoms with Gasteiger partial charge in [-0.2, -0.15) is 13.2 Å². The Morgan fingerprint density at radius 1 is 1.21 bits per heavy atom. The average Bonchev–Trinajstić information content (AvgIpc) is 3.68. The number of fused-ring (bicyclic) bond motifs is 1. The molecule has 4 heterocycles. The number of aromatic nitrogens is 2. The Labute approximate surface area is 227 Å². The summed E-state index contributed by atoms with van der Waals surface area (Å²) in [5, 5.41) is 5.85. The molecule has 4 aromatic rings. The van der Waals surface area contributed by atoms with Gasteiger partial charge in [0.05, 0.1) is 22.8 Å². The lowest BCUT2D eigenvalue weighted by molar-refractivity contribution is -0.144. The topological polar surface area (TPSA) is 83.3 Å². The van der Waals surface area contributed by atoms with E-state index in [2.05, 4.69) is 37.5 Å². The molecule has 202 valence electrons. The maximum absolute atomic E-state index is 13.6. The predicted octanol–water partition coefficient (Wildman–Crippen LogP) is 6.10. The molecule has 1 aromatic carbocycles. The molecule has 0 bridgehead atoms. The smallest absolute Gasteiger partial charge is 0.451 e. The number of halogens is 3. The second-order valence-corrected chi connectivity index (χ2v) is 10.3. The number of alkyl halides is 3. The van der Waals surface area contributed by atoms with Crippen molar-refractivity contribution in [2.75, 3.05) is 25.0 Å². The Morgan fingerprint density at radius 2 is 1.97 bits per heavy atom. The number of anilines is 1. The van der Waals surface area contributed by atoms with Crippen LogP contribution >= 0.6 is 11.3 Å². The van der Waals surface area contributed by atoms with E-state index < -0.39 is 23.9 Å². The summed E-state index contributed by atoms with van der Waals surface area (Å²) >= 11 is 0.840. The first-order valence-electron chi connectivity index (χ1n) is 12.5. The lowest BCUT2D eigenvalue weighted by Gasteiger charge is -2.17. The molecule has 5 rings (SSSR count). The Morgan fingerprint density at radius 3 is 2.72 bits per heavy atom. The summed E-state index contributed by atoms with van der Waals surface area (Å²) in [6.07, 6.45) is 2.82. The van der Waals surface area contributed by atoms with Crippen LogP contribution in [0.4, 0.5) is 19.0 Å². The summed E-state index contributed by atoms with van der Waals surface area (Å²) in [4.78, 5) is 22.4. The summed E-state index contributed by atoms with van der Waals surface area (Å²) < 4.78 is 47.0. The standard InChI is InChI=1S/C28H26F3N5O2S/c1-3-12-32-25(37)23-15-20-24(34-27(28(29,30)31)35-26(20)39-23)33-17(2)21-10-11-22(38-21)19-9-5-4-8-18(19)16-36-13-6-7-14-36/h1,4-5,8-11,15,17H,6-7,12-14,16H2,2H3,(H,32,37)(H,33,34,35). The summed E-state index contributed by atoms with van der Waals surface area (Å²) in [7, 11) is 0. The molecule has 11 heteroatoms. The van der Waals surface area contributed by atoms with Gasteiger partial charge in [-0.15, -0.1) is 17.8 Å². The van der Waals surface area contributed by atoms with Crippen molar-refractivity contribution < 1.29 is 22.4 Å². The van der Waals surface area contributed by atoms with Gasteiger partial charge in [0.25, 0.3) is 5.91 Å². The number of terminal acetylenes is 1. The molecule has 1 amide bonds. The maximum atomic E-state index is 13.6. The Balaban J connectivity index is 1.43. The van der Waals surface area contributed by atoms with Crippen LogP contribution in [0.5, 0.6) is 0 Å². The lowest BCUT2D eigenvalue weighted by atomic mass is 10.0. The lowest BCUT2D eigenvalue weighted by Crippen LogP contribution is -2.22. The van der Waals surface area contributed by atoms with E-state index in [4.69, 9.17) is 10.8 Å². The zero-order chi connectivity index (χ0) is 27.6. The number of carbonyl (C=O) groups is 1. The van der Waals surface area contributed by atoms with Crippen LogP contribution in [-0.2, 0) is 12.7 Å². The Kier molecular flexibility index (Phi) is 7.59. The van der Waals surface area contributed by atoms with Crippen molar-refractivity contribution in [3.05, 3.63) is 64.5 Å². The monoisotopic (exact) mass is 553 g/mol. The number of hydrogen-bond acceptors (Lipinski definition) is 7. The first-order chi connectivity index (χ1) is 18.7. The number of amides is 1. The molecule has 0 radical (unpaired) electrons. The van der Waals surface area contributed by atoms with Gasteiger partial charge in [-0.25, -0.2) is 9.97 Å². The van der Waals surface area contributed by atoms with Crippen LogP contribution in [0.1, 0.15) is 52.6 Å². The molecule has 1 unspecified atom stereocenters. The molecular weight excluding hydrogens is 527 g/mol. The number of thiophene rings is 1. The van der Waals surface area contributed by atoms with Crippen molar-refractivity contribution in [1.82, 2.24) is 20.2 Å². The molecule has 1 atom stereocenters. The number of carbonyl (C=O) groups excluding carboxylic acids is 1. The first kappa shape index (κ1) is 26.7. The number of likely N-dealkylation sites (tertiary alicyclic amines) is 1. The molecule has 3 aromatic heterocycles. The van der Waals surface area contributed by atoms with Crippen molar-refractivity contribution >= 4 is 33.3 Å². The van der Waals surface area contributed by atoms with E-state index in [1.807, 2.05) is 24.3 Å². The normalized spacial score (nSPS) is 14.8. The van der Waals surface area contributed by atoms with Gasteiger partial charge in [0.15, 0.2) is 0 Å². The number of nitrogens with zero attached hydrogens (tertiary/aromatic N) is 3. The van der Waals surface area contributed by atoms with Crippen molar-refractivity contribution in [2.24, 2.45) is 0 Å². The maximum Gasteiger partial charge on any atom is 0.451 e. The second-order valence-electron chi connectivity index (χ2n) is 9.32. The zero-order valence-corrected chi connectivity index (χ0v) is 22.0. The molecule has 39 heavy (non-hydrogen) atoms. The molecule has 0 aliphatic carbocycles. The van der Waals surface area contributed by atoms with Crippen LogP contribution in [-0.4, -0.2) is 40.4 Å². The number of rotatable bonds is 8. The van der Waals surface area contributed by atoms with Crippen molar-refractivity contribution in [3.8, 4) is 23.7 Å². The summed E-state index contributed by atoms with van der Waals surface area (Å²) in [5.74, 6) is 1.68. The highest BCUT2D eigenvalue weighted by Gasteiger charge is 2.36. The van der Waals surface area contributed by atoms with Crippen LogP contribution in [0, 0.1) is 12.3 Å². The number of hydrogen-bond donors (Lipinski definition) is 2. The molecule has 1 saturated heterocycles. The average molecular weight is 554 g/mol. The fraction of sp³-hybridized carbons (Fsp3) is 0.321. The molecule has 1 fully saturated rings. The minimum atomic E-state index is -4.76. The quantitative estimate of drug-likeness (QED) is 0.257. The van der Waals surface area contributed by atoms with Crippen molar-refractivity contribution in [3.63, 3.8) is 0 Å². The van der Waals surface area contributed by atoms with E-state index >= 15 is 0 Å². The third-order valence-corrected chi connectivity index (χ3v) is 7.53. The van der Waals surface area contributed by atoms with E-state index in [9.17, 15) is 18.0 Å². The van der Waals surface area contributed by atoms with Gasteiger partial charge in [-0.3, -0.25) is 9.69 Å². The van der Waals surface area contributed by atoms with Crippen LogP contribution in [0.25, 0.3) is 21.5 Å². The number of nitrogens with one attached hydrogen (secondary N) is 2. The molecular formula is C28H26F3N5O2S. The van der Waals surface area contributed by atoms with E-state index in [0.717, 1.165) is 42.1 Å². The van der Waals surface area contributed by atoms with Gasteiger partial charge in [-0.1, -0.05) is 30.2 Å². The molecule has 0 spiro atoms. The van der Waals surface area contributed by atoms with Gasteiger partial charge in [0, 0.05) is 12.1 Å². The van der Waals surface area contributed by atoms with Crippen LogP contribution in [0.15, 0.2) is 46.9 Å². The largest absolute Gasteiger partial charge is 0.459 e. The predicted molar refractivity (Wildman–Crippen MR) is 144 cm³/mol. The molecule has 2 N–H and O–H groups in total. The SMILES string of the molecule is C#CCNC(=O)c1cc2c(NC(C)c3ccc(-c4ccccc4CN4CCCC4)o3)nc(C(F)(F)F)nc2s1. The van der Waals surface area contributed by atoms with Gasteiger partial charge in [-0.05, 0) is 56.6 Å². The first-order valence-corrected chi connectivity index (χ1v) is 13.3. The van der Waals surface area contributed by atoms with E-state index in [0.29, 0.717) is 16.9 Å². The third kappa shape index (κ3) is 5.92. The molecule has 1 aliphatic rings. The summed E-state index contributed by atoms with van der Waals surface area (Å²) in [6.45, 7) is 4.74. The highest BCUT2D eigenvalue weighted by molar-refractivity contribution is 7.20. The highest BCUT2D eigenvalue weighted by atomic mass is 32.1. The Bertz CT molecular complexity index is 1530. The molecule has 7 nitrogen and oxygen atoms in total. The summed E-state index contributed by atoms with van der Waals surface area (Å²) in [5.41, 5.74) is 2.13. The minimum Gasteiger partial charge on any atom is -0.459 e. The van der Waals surface area contributed by atoms with Gasteiger partial charge < -0.3 is 15.1 Å². The fourth-order valence-corrected chi connectivity index (χ4v) is 5.52. The highest BCUT2D eigenvalue weighted by Crippen LogP contribution is 2.36. The van der Waals surface area contributed by atoms with Gasteiger partial charge in [0.2, 0.25) is 5.82 Å². The van der Waals surface area contributed by atoms with Crippen molar-refractivity contribution in [2.45, 2.75) is 38.5 Å². The van der Waals surface area contributed by atoms with E-state index in [1.165, 1.54) is 18.9 Å². The van der Waals surface area contributed by atoms with Gasteiger partial charge in [0.1, 0.15) is 22.2 Å². The fourth-order valence-electron chi connectivity index (χ4n) is 4.58. The molecule has 0 saturated carbocycles. The minimum absolute atomic E-state index is 0.00329. The molecule has 1 aliphatic heterocycles. The number of benzene rings is 1. The van der Waals surface area contributed by atoms with Crippen LogP contribution in [0.2, 0.25) is 0 Å². The van der Waals surface area contributed by atoms with Gasteiger partial charge >= 0.3 is 6.18 Å². The Hall–Kier alpha value is -3.88. The second kappa shape index (κ2) is 11.1. The third-order valence-electron chi connectivity index (χ3n) is 6.50.